The van der Waals surface area contributed by atoms with Gasteiger partial charge < -0.3 is 10.6 Å². The molecule has 0 aliphatic rings. The quantitative estimate of drug-likeness (QED) is 0.849. The van der Waals surface area contributed by atoms with Gasteiger partial charge in [-0.05, 0) is 34.6 Å². The summed E-state index contributed by atoms with van der Waals surface area (Å²) in [5, 5.41) is 10.3. The van der Waals surface area contributed by atoms with Crippen LogP contribution in [0.2, 0.25) is 0 Å². The van der Waals surface area contributed by atoms with Gasteiger partial charge in [-0.2, -0.15) is 5.10 Å². The third kappa shape index (κ3) is 4.14. The van der Waals surface area contributed by atoms with Crippen molar-refractivity contribution in [3.8, 4) is 0 Å². The molecule has 2 N–H and O–H groups in total. The Morgan fingerprint density at radius 3 is 2.56 bits per heavy atom. The fourth-order valence-electron chi connectivity index (χ4n) is 1.66. The van der Waals surface area contributed by atoms with Crippen molar-refractivity contribution >= 4 is 5.91 Å². The van der Waals surface area contributed by atoms with Gasteiger partial charge in [0.15, 0.2) is 0 Å². The third-order valence-electron chi connectivity index (χ3n) is 2.90. The molecule has 18 heavy (non-hydrogen) atoms. The van der Waals surface area contributed by atoms with E-state index in [1.54, 1.807) is 6.20 Å². The van der Waals surface area contributed by atoms with Crippen molar-refractivity contribution in [2.24, 2.45) is 7.05 Å². The molecule has 0 radical (unpaired) electrons. The van der Waals surface area contributed by atoms with Crippen LogP contribution in [0, 0.1) is 6.92 Å². The molecule has 0 saturated heterocycles. The van der Waals surface area contributed by atoms with Gasteiger partial charge in [0.25, 0.3) is 0 Å². The third-order valence-corrected chi connectivity index (χ3v) is 2.90. The number of carbonyl (C=O) groups is 1. The highest BCUT2D eigenvalue weighted by Gasteiger charge is 2.16. The molecule has 1 aromatic heterocycles. The predicted octanol–water partition coefficient (Wildman–Crippen LogP) is 1.29. The number of aromatic nitrogens is 2. The SMILES string of the molecule is Cc1c(C(C)NC(=O)CNC(C)(C)C)cnn1C. The maximum absolute atomic E-state index is 11.8. The highest BCUT2D eigenvalue weighted by Crippen LogP contribution is 2.15. The first kappa shape index (κ1) is 14.7. The van der Waals surface area contributed by atoms with Gasteiger partial charge in [0.1, 0.15) is 0 Å². The monoisotopic (exact) mass is 252 g/mol. The summed E-state index contributed by atoms with van der Waals surface area (Å²) >= 11 is 0. The molecule has 1 atom stereocenters. The molecule has 102 valence electrons. The highest BCUT2D eigenvalue weighted by atomic mass is 16.2. The molecule has 0 bridgehead atoms. The molecule has 1 aromatic rings. The number of rotatable bonds is 4. The number of nitrogens with zero attached hydrogens (tertiary/aromatic N) is 2. The van der Waals surface area contributed by atoms with E-state index in [1.165, 1.54) is 0 Å². The van der Waals surface area contributed by atoms with Crippen LogP contribution in [-0.2, 0) is 11.8 Å². The minimum atomic E-state index is -0.0508. The molecule has 0 fully saturated rings. The highest BCUT2D eigenvalue weighted by molar-refractivity contribution is 5.78. The summed E-state index contributed by atoms with van der Waals surface area (Å²) in [6, 6.07) is -0.0204. The Labute approximate surface area is 109 Å². The van der Waals surface area contributed by atoms with Crippen molar-refractivity contribution in [2.75, 3.05) is 6.54 Å². The maximum atomic E-state index is 11.8. The summed E-state index contributed by atoms with van der Waals surface area (Å²) in [7, 11) is 1.90. The Morgan fingerprint density at radius 2 is 2.11 bits per heavy atom. The van der Waals surface area contributed by atoms with E-state index < -0.39 is 0 Å². The van der Waals surface area contributed by atoms with Gasteiger partial charge in [-0.25, -0.2) is 0 Å². The van der Waals surface area contributed by atoms with E-state index in [2.05, 4.69) is 15.7 Å². The Hall–Kier alpha value is -1.36. The van der Waals surface area contributed by atoms with Crippen LogP contribution in [-0.4, -0.2) is 27.8 Å². The van der Waals surface area contributed by atoms with Gasteiger partial charge >= 0.3 is 0 Å². The van der Waals surface area contributed by atoms with Crippen LogP contribution in [0.5, 0.6) is 0 Å². The summed E-state index contributed by atoms with van der Waals surface area (Å²) < 4.78 is 1.81. The molecular weight excluding hydrogens is 228 g/mol. The van der Waals surface area contributed by atoms with Crippen LogP contribution < -0.4 is 10.6 Å². The molecule has 1 amide bonds. The Balaban J connectivity index is 2.52. The molecule has 1 unspecified atom stereocenters. The molecule has 0 spiro atoms. The number of carbonyl (C=O) groups excluding carboxylic acids is 1. The zero-order valence-electron chi connectivity index (χ0n) is 12.2. The number of nitrogens with one attached hydrogen (secondary N) is 2. The zero-order valence-corrected chi connectivity index (χ0v) is 12.2. The first-order chi connectivity index (χ1) is 8.20. The lowest BCUT2D eigenvalue weighted by Crippen LogP contribution is -2.43. The van der Waals surface area contributed by atoms with Crippen LogP contribution in [0.3, 0.4) is 0 Å². The molecule has 0 aromatic carbocycles. The van der Waals surface area contributed by atoms with Gasteiger partial charge in [-0.15, -0.1) is 0 Å². The van der Waals surface area contributed by atoms with Gasteiger partial charge in [0.2, 0.25) is 5.91 Å². The smallest absolute Gasteiger partial charge is 0.234 e. The lowest BCUT2D eigenvalue weighted by molar-refractivity contribution is -0.121. The number of amides is 1. The van der Waals surface area contributed by atoms with Crippen LogP contribution in [0.15, 0.2) is 6.20 Å². The molecule has 0 aliphatic carbocycles. The Morgan fingerprint density at radius 1 is 1.50 bits per heavy atom. The van der Waals surface area contributed by atoms with Crippen LogP contribution in [0.4, 0.5) is 0 Å². The lowest BCUT2D eigenvalue weighted by Gasteiger charge is -2.21. The van der Waals surface area contributed by atoms with E-state index in [9.17, 15) is 4.79 Å². The maximum Gasteiger partial charge on any atom is 0.234 e. The summed E-state index contributed by atoms with van der Waals surface area (Å²) in [6.45, 7) is 10.4. The Kier molecular flexibility index (Phi) is 4.51. The standard InChI is InChI=1S/C13H24N4O/c1-9(11-7-15-17(6)10(11)2)16-12(18)8-14-13(3,4)5/h7,9,14H,8H2,1-6H3,(H,16,18). The topological polar surface area (TPSA) is 59.0 Å². The lowest BCUT2D eigenvalue weighted by atomic mass is 10.1. The minimum Gasteiger partial charge on any atom is -0.348 e. The number of aryl methyl sites for hydroxylation is 1. The summed E-state index contributed by atoms with van der Waals surface area (Å²) in [5.41, 5.74) is 2.08. The van der Waals surface area contributed by atoms with Crippen molar-refractivity contribution in [3.63, 3.8) is 0 Å². The van der Waals surface area contributed by atoms with E-state index in [0.717, 1.165) is 11.3 Å². The largest absolute Gasteiger partial charge is 0.348 e. The molecule has 0 saturated carbocycles. The molecular formula is C13H24N4O. The first-order valence-corrected chi connectivity index (χ1v) is 6.23. The molecule has 5 heteroatoms. The van der Waals surface area contributed by atoms with E-state index >= 15 is 0 Å². The van der Waals surface area contributed by atoms with Crippen molar-refractivity contribution in [2.45, 2.75) is 46.2 Å². The van der Waals surface area contributed by atoms with Crippen molar-refractivity contribution < 1.29 is 4.79 Å². The van der Waals surface area contributed by atoms with Gasteiger partial charge in [0.05, 0.1) is 18.8 Å². The predicted molar refractivity (Wildman–Crippen MR) is 72.3 cm³/mol. The zero-order chi connectivity index (χ0) is 13.9. The van der Waals surface area contributed by atoms with Gasteiger partial charge in [0, 0.05) is 23.8 Å². The minimum absolute atomic E-state index is 0.000628. The number of hydrogen-bond donors (Lipinski definition) is 2. The second-order valence-electron chi connectivity index (χ2n) is 5.70. The van der Waals surface area contributed by atoms with Gasteiger partial charge in [-0.3, -0.25) is 9.48 Å². The average molecular weight is 252 g/mol. The Bertz CT molecular complexity index is 417. The number of hydrogen-bond acceptors (Lipinski definition) is 3. The molecule has 1 heterocycles. The van der Waals surface area contributed by atoms with E-state index in [0.29, 0.717) is 6.54 Å². The average Bonchev–Trinajstić information content (AvgIpc) is 2.56. The van der Waals surface area contributed by atoms with Crippen LogP contribution >= 0.6 is 0 Å². The fraction of sp³-hybridized carbons (Fsp3) is 0.692. The van der Waals surface area contributed by atoms with Crippen molar-refractivity contribution in [1.29, 1.82) is 0 Å². The first-order valence-electron chi connectivity index (χ1n) is 6.23. The van der Waals surface area contributed by atoms with Crippen molar-refractivity contribution in [1.82, 2.24) is 20.4 Å². The van der Waals surface area contributed by atoms with E-state index in [4.69, 9.17) is 0 Å². The normalized spacial score (nSPS) is 13.4. The second-order valence-corrected chi connectivity index (χ2v) is 5.70. The van der Waals surface area contributed by atoms with Crippen LogP contribution in [0.25, 0.3) is 0 Å². The van der Waals surface area contributed by atoms with Crippen molar-refractivity contribution in [3.05, 3.63) is 17.5 Å². The van der Waals surface area contributed by atoms with E-state index in [-0.39, 0.29) is 17.5 Å². The molecule has 1 rings (SSSR count). The second kappa shape index (κ2) is 5.52. The summed E-state index contributed by atoms with van der Waals surface area (Å²) in [5.74, 6) is 0.000628. The van der Waals surface area contributed by atoms with E-state index in [1.807, 2.05) is 46.3 Å². The summed E-state index contributed by atoms with van der Waals surface area (Å²) in [4.78, 5) is 11.8. The molecule has 5 nitrogen and oxygen atoms in total. The molecule has 0 aliphatic heterocycles. The van der Waals surface area contributed by atoms with Crippen LogP contribution in [0.1, 0.15) is 45.0 Å². The summed E-state index contributed by atoms with van der Waals surface area (Å²) in [6.07, 6.45) is 1.80. The fourth-order valence-corrected chi connectivity index (χ4v) is 1.66. The van der Waals surface area contributed by atoms with Gasteiger partial charge in [-0.1, -0.05) is 0 Å².